The number of carboxylic acids is 1. The van der Waals surface area contributed by atoms with Gasteiger partial charge in [-0.3, -0.25) is 4.90 Å². The molecule has 6 heteroatoms. The molecule has 0 atom stereocenters. The van der Waals surface area contributed by atoms with E-state index in [9.17, 15) is 9.18 Å². The second-order valence-electron chi connectivity index (χ2n) is 8.16. The van der Waals surface area contributed by atoms with Crippen LogP contribution in [0.5, 0.6) is 11.5 Å². The fourth-order valence-corrected chi connectivity index (χ4v) is 3.30. The molecule has 180 valence electrons. The zero-order valence-electron chi connectivity index (χ0n) is 20.0. The molecule has 0 saturated carbocycles. The number of halogens is 1. The number of rotatable bonds is 9. The van der Waals surface area contributed by atoms with Crippen molar-refractivity contribution in [2.24, 2.45) is 0 Å². The quantitative estimate of drug-likeness (QED) is 0.442. The normalized spacial score (nSPS) is 11.1. The Morgan fingerprint density at radius 1 is 1.00 bits per heavy atom. The Balaban J connectivity index is 1.78. The maximum atomic E-state index is 13.5. The summed E-state index contributed by atoms with van der Waals surface area (Å²) in [4.78, 5) is 12.7. The van der Waals surface area contributed by atoms with Crippen molar-refractivity contribution in [3.05, 3.63) is 101 Å². The Morgan fingerprint density at radius 3 is 2.26 bits per heavy atom. The first-order valence-corrected chi connectivity index (χ1v) is 11.1. The molecule has 1 N–H and O–H groups in total. The van der Waals surface area contributed by atoms with E-state index in [4.69, 9.17) is 14.6 Å². The molecular weight excluding hydrogens is 445 g/mol. The zero-order chi connectivity index (χ0) is 25.2. The van der Waals surface area contributed by atoms with Crippen molar-refractivity contribution in [2.75, 3.05) is 33.9 Å². The smallest absolute Gasteiger partial charge is 0.341 e. The molecule has 0 aromatic heterocycles. The van der Waals surface area contributed by atoms with E-state index < -0.39 is 12.6 Å². The highest BCUT2D eigenvalue weighted by Crippen LogP contribution is 2.26. The average molecular weight is 474 g/mol. The highest BCUT2D eigenvalue weighted by atomic mass is 19.1. The first kappa shape index (κ1) is 25.5. The number of aliphatic carboxylic acids is 1. The van der Waals surface area contributed by atoms with Gasteiger partial charge in [0.25, 0.3) is 0 Å². The fraction of sp³-hybridized carbons (Fsp3) is 0.207. The molecule has 0 aliphatic carbocycles. The number of nitrogens with zero attached hydrogens (tertiary/aromatic N) is 1. The van der Waals surface area contributed by atoms with Crippen LogP contribution < -0.4 is 9.47 Å². The standard InChI is InChI=1S/C29H28FNO4/c1-21-19-26(14-15-28(21)35-20-29(32)33)34-18-16-27(24-10-12-25(30)13-11-24)23-8-6-22(7-9-23)5-4-17-31(2)3/h6-16,19H,17-18,20H2,1-3H3,(H,32,33). The van der Waals surface area contributed by atoms with Crippen LogP contribution in [0.1, 0.15) is 22.3 Å². The Hall–Kier alpha value is -4.08. The molecule has 0 spiro atoms. The molecule has 0 amide bonds. The predicted molar refractivity (Wildman–Crippen MR) is 135 cm³/mol. The number of carbonyl (C=O) groups is 1. The van der Waals surface area contributed by atoms with Gasteiger partial charge in [-0.2, -0.15) is 0 Å². The van der Waals surface area contributed by atoms with Crippen molar-refractivity contribution in [1.82, 2.24) is 4.90 Å². The zero-order valence-corrected chi connectivity index (χ0v) is 20.0. The minimum atomic E-state index is -1.03. The van der Waals surface area contributed by atoms with E-state index in [1.54, 1.807) is 30.3 Å². The largest absolute Gasteiger partial charge is 0.489 e. The van der Waals surface area contributed by atoms with Crippen LogP contribution in [0.2, 0.25) is 0 Å². The first-order valence-electron chi connectivity index (χ1n) is 11.1. The van der Waals surface area contributed by atoms with E-state index in [2.05, 4.69) is 11.8 Å². The molecule has 0 fully saturated rings. The molecule has 0 bridgehead atoms. The van der Waals surface area contributed by atoms with Crippen LogP contribution >= 0.6 is 0 Å². The number of hydrogen-bond donors (Lipinski definition) is 1. The van der Waals surface area contributed by atoms with E-state index in [1.807, 2.05) is 56.3 Å². The summed E-state index contributed by atoms with van der Waals surface area (Å²) in [6.07, 6.45) is 1.95. The summed E-state index contributed by atoms with van der Waals surface area (Å²) >= 11 is 0. The summed E-state index contributed by atoms with van der Waals surface area (Å²) in [5.41, 5.74) is 4.45. The number of hydrogen-bond acceptors (Lipinski definition) is 4. The molecule has 0 saturated heterocycles. The number of benzene rings is 3. The minimum absolute atomic E-state index is 0.284. The summed E-state index contributed by atoms with van der Waals surface area (Å²) in [5, 5.41) is 8.78. The van der Waals surface area contributed by atoms with E-state index in [0.29, 0.717) is 18.0 Å². The van der Waals surface area contributed by atoms with E-state index in [-0.39, 0.29) is 12.4 Å². The van der Waals surface area contributed by atoms with Crippen LogP contribution in [0.25, 0.3) is 5.57 Å². The van der Waals surface area contributed by atoms with Crippen molar-refractivity contribution < 1.29 is 23.8 Å². The third-order valence-corrected chi connectivity index (χ3v) is 5.01. The molecule has 0 aliphatic rings. The van der Waals surface area contributed by atoms with Gasteiger partial charge in [-0.1, -0.05) is 36.1 Å². The van der Waals surface area contributed by atoms with E-state index in [0.717, 1.165) is 27.8 Å². The maximum Gasteiger partial charge on any atom is 0.341 e. The van der Waals surface area contributed by atoms with Crippen LogP contribution in [0.3, 0.4) is 0 Å². The summed E-state index contributed by atoms with van der Waals surface area (Å²) < 4.78 is 24.7. The molecule has 3 rings (SSSR count). The van der Waals surface area contributed by atoms with Crippen molar-refractivity contribution in [3.63, 3.8) is 0 Å². The molecule has 0 aliphatic heterocycles. The Labute approximate surface area is 205 Å². The lowest BCUT2D eigenvalue weighted by molar-refractivity contribution is -0.139. The third-order valence-electron chi connectivity index (χ3n) is 5.01. The number of ether oxygens (including phenoxy) is 2. The lowest BCUT2D eigenvalue weighted by Crippen LogP contribution is -2.10. The van der Waals surface area contributed by atoms with Gasteiger partial charge in [-0.15, -0.1) is 0 Å². The van der Waals surface area contributed by atoms with Crippen molar-refractivity contribution in [1.29, 1.82) is 0 Å². The average Bonchev–Trinajstić information content (AvgIpc) is 2.82. The molecule has 0 radical (unpaired) electrons. The SMILES string of the molecule is Cc1cc(OCC=C(c2ccc(F)cc2)c2ccc(C#CCN(C)C)cc2)ccc1OCC(=O)O. The Kier molecular flexibility index (Phi) is 9.05. The fourth-order valence-electron chi connectivity index (χ4n) is 3.30. The van der Waals surface area contributed by atoms with Crippen molar-refractivity contribution in [2.45, 2.75) is 6.92 Å². The Bertz CT molecular complexity index is 1240. The summed E-state index contributed by atoms with van der Waals surface area (Å²) in [6, 6.07) is 19.5. The molecular formula is C29H28FNO4. The van der Waals surface area contributed by atoms with Gasteiger partial charge in [0.2, 0.25) is 0 Å². The van der Waals surface area contributed by atoms with E-state index >= 15 is 0 Å². The Morgan fingerprint density at radius 2 is 1.66 bits per heavy atom. The predicted octanol–water partition coefficient (Wildman–Crippen LogP) is 5.02. The molecule has 0 unspecified atom stereocenters. The van der Waals surface area contributed by atoms with Gasteiger partial charge in [-0.05, 0) is 91.8 Å². The van der Waals surface area contributed by atoms with Crippen LogP contribution in [-0.4, -0.2) is 49.8 Å². The number of carboxylic acid groups (broad SMARTS) is 1. The van der Waals surface area contributed by atoms with Gasteiger partial charge in [0.1, 0.15) is 23.9 Å². The summed E-state index contributed by atoms with van der Waals surface area (Å²) in [5.74, 6) is 6.08. The van der Waals surface area contributed by atoms with Crippen LogP contribution in [0, 0.1) is 24.6 Å². The van der Waals surface area contributed by atoms with Crippen LogP contribution in [-0.2, 0) is 4.79 Å². The van der Waals surface area contributed by atoms with Gasteiger partial charge in [0.15, 0.2) is 6.61 Å². The van der Waals surface area contributed by atoms with Crippen LogP contribution in [0.15, 0.2) is 72.8 Å². The van der Waals surface area contributed by atoms with Gasteiger partial charge in [-0.25, -0.2) is 9.18 Å². The third kappa shape index (κ3) is 8.02. The lowest BCUT2D eigenvalue weighted by Gasteiger charge is -2.12. The van der Waals surface area contributed by atoms with Gasteiger partial charge < -0.3 is 14.6 Å². The lowest BCUT2D eigenvalue weighted by atomic mass is 9.96. The van der Waals surface area contributed by atoms with Crippen LogP contribution in [0.4, 0.5) is 4.39 Å². The first-order chi connectivity index (χ1) is 16.8. The molecule has 3 aromatic carbocycles. The van der Waals surface area contributed by atoms with Gasteiger partial charge in [0.05, 0.1) is 6.54 Å². The second-order valence-corrected chi connectivity index (χ2v) is 8.16. The van der Waals surface area contributed by atoms with Crippen molar-refractivity contribution >= 4 is 11.5 Å². The molecule has 5 nitrogen and oxygen atoms in total. The van der Waals surface area contributed by atoms with Gasteiger partial charge in [0, 0.05) is 5.56 Å². The molecule has 0 heterocycles. The van der Waals surface area contributed by atoms with Gasteiger partial charge >= 0.3 is 5.97 Å². The monoisotopic (exact) mass is 473 g/mol. The maximum absolute atomic E-state index is 13.5. The van der Waals surface area contributed by atoms with Crippen molar-refractivity contribution in [3.8, 4) is 23.3 Å². The molecule has 35 heavy (non-hydrogen) atoms. The minimum Gasteiger partial charge on any atom is -0.489 e. The topological polar surface area (TPSA) is 59.0 Å². The van der Waals surface area contributed by atoms with E-state index in [1.165, 1.54) is 12.1 Å². The summed E-state index contributed by atoms with van der Waals surface area (Å²) in [6.45, 7) is 2.40. The second kappa shape index (κ2) is 12.4. The number of aryl methyl sites for hydroxylation is 1. The summed E-state index contributed by atoms with van der Waals surface area (Å²) in [7, 11) is 3.95. The highest BCUT2D eigenvalue weighted by Gasteiger charge is 2.08. The molecule has 3 aromatic rings. The highest BCUT2D eigenvalue weighted by molar-refractivity contribution is 5.80.